The predicted octanol–water partition coefficient (Wildman–Crippen LogP) is 2.35. The van der Waals surface area contributed by atoms with E-state index in [1.54, 1.807) is 13.2 Å². The van der Waals surface area contributed by atoms with Crippen LogP contribution in [0.5, 0.6) is 0 Å². The summed E-state index contributed by atoms with van der Waals surface area (Å²) in [5.74, 6) is -2.29. The number of halogens is 2. The first-order valence-electron chi connectivity index (χ1n) is 4.88. The summed E-state index contributed by atoms with van der Waals surface area (Å²) in [4.78, 5) is 9.93. The molecule has 0 unspecified atom stereocenters. The van der Waals surface area contributed by atoms with Crippen LogP contribution in [0.2, 0.25) is 0 Å². The standard InChI is InChI=1S/C10H8F2N4O2/c1-15-5-4-8(14-15)13-10-7(16(17)18)3-2-6(11)9(10)12/h2-5H,1H3,(H,13,14). The zero-order valence-electron chi connectivity index (χ0n) is 9.22. The molecule has 0 saturated heterocycles. The number of nitrogens with one attached hydrogen (secondary N) is 1. The predicted molar refractivity (Wildman–Crippen MR) is 59.5 cm³/mol. The van der Waals surface area contributed by atoms with E-state index >= 15 is 0 Å². The lowest BCUT2D eigenvalue weighted by molar-refractivity contribution is -0.384. The largest absolute Gasteiger partial charge is 0.331 e. The van der Waals surface area contributed by atoms with Crippen molar-refractivity contribution in [1.82, 2.24) is 9.78 Å². The first-order valence-corrected chi connectivity index (χ1v) is 4.88. The molecule has 18 heavy (non-hydrogen) atoms. The molecule has 2 aromatic rings. The summed E-state index contributed by atoms with van der Waals surface area (Å²) in [6.07, 6.45) is 1.56. The first-order chi connectivity index (χ1) is 8.49. The summed E-state index contributed by atoms with van der Waals surface area (Å²) < 4.78 is 28.0. The van der Waals surface area contributed by atoms with Gasteiger partial charge in [-0.2, -0.15) is 5.10 Å². The molecule has 8 heteroatoms. The maximum atomic E-state index is 13.5. The molecule has 1 heterocycles. The van der Waals surface area contributed by atoms with E-state index in [1.807, 2.05) is 0 Å². The SMILES string of the molecule is Cn1ccc(Nc2c([N+](=O)[O-])ccc(F)c2F)n1. The molecule has 0 spiro atoms. The van der Waals surface area contributed by atoms with Crippen molar-refractivity contribution in [3.05, 3.63) is 46.1 Å². The van der Waals surface area contributed by atoms with Crippen LogP contribution in [0.1, 0.15) is 0 Å². The van der Waals surface area contributed by atoms with E-state index in [2.05, 4.69) is 10.4 Å². The molecule has 0 radical (unpaired) electrons. The number of benzene rings is 1. The third-order valence-electron chi connectivity index (χ3n) is 2.24. The molecule has 1 aromatic heterocycles. The van der Waals surface area contributed by atoms with Crippen molar-refractivity contribution in [2.45, 2.75) is 0 Å². The molecule has 0 amide bonds. The van der Waals surface area contributed by atoms with Gasteiger partial charge in [0.1, 0.15) is 0 Å². The highest BCUT2D eigenvalue weighted by Crippen LogP contribution is 2.31. The van der Waals surface area contributed by atoms with Crippen LogP contribution in [-0.2, 0) is 7.05 Å². The summed E-state index contributed by atoms with van der Waals surface area (Å²) in [5.41, 5.74) is -1.10. The van der Waals surface area contributed by atoms with Crippen LogP contribution in [0, 0.1) is 21.7 Å². The topological polar surface area (TPSA) is 73.0 Å². The molecule has 0 bridgehead atoms. The second-order valence-electron chi connectivity index (χ2n) is 3.51. The number of nitro groups is 1. The van der Waals surface area contributed by atoms with Gasteiger partial charge in [0, 0.05) is 25.4 Å². The van der Waals surface area contributed by atoms with Gasteiger partial charge < -0.3 is 5.32 Å². The molecule has 0 saturated carbocycles. The molecule has 0 fully saturated rings. The minimum absolute atomic E-state index is 0.185. The Balaban J connectivity index is 2.47. The van der Waals surface area contributed by atoms with Crippen LogP contribution >= 0.6 is 0 Å². The van der Waals surface area contributed by atoms with E-state index in [9.17, 15) is 18.9 Å². The van der Waals surface area contributed by atoms with E-state index in [4.69, 9.17) is 0 Å². The lowest BCUT2D eigenvalue weighted by atomic mass is 10.2. The number of hydrogen-bond donors (Lipinski definition) is 1. The molecule has 1 aromatic carbocycles. The van der Waals surface area contributed by atoms with Crippen LogP contribution in [0.3, 0.4) is 0 Å². The van der Waals surface area contributed by atoms with Crippen molar-refractivity contribution in [3.8, 4) is 0 Å². The van der Waals surface area contributed by atoms with Crippen LogP contribution in [0.15, 0.2) is 24.4 Å². The molecule has 1 N–H and O–H groups in total. The highest BCUT2D eigenvalue weighted by molar-refractivity contribution is 5.68. The third kappa shape index (κ3) is 2.12. The summed E-state index contributed by atoms with van der Waals surface area (Å²) in [5, 5.41) is 17.0. The second kappa shape index (κ2) is 4.40. The number of aryl methyl sites for hydroxylation is 1. The first kappa shape index (κ1) is 12.0. The Kier molecular flexibility index (Phi) is 2.92. The quantitative estimate of drug-likeness (QED) is 0.674. The molecule has 6 nitrogen and oxygen atoms in total. The van der Waals surface area contributed by atoms with Crippen molar-refractivity contribution in [2.24, 2.45) is 7.05 Å². The van der Waals surface area contributed by atoms with Crippen LogP contribution in [-0.4, -0.2) is 14.7 Å². The summed E-state index contributed by atoms with van der Waals surface area (Å²) in [7, 11) is 1.63. The second-order valence-corrected chi connectivity index (χ2v) is 3.51. The fraction of sp³-hybridized carbons (Fsp3) is 0.100. The fourth-order valence-electron chi connectivity index (χ4n) is 1.42. The number of nitro benzene ring substituents is 1. The van der Waals surface area contributed by atoms with Crippen molar-refractivity contribution in [3.63, 3.8) is 0 Å². The van der Waals surface area contributed by atoms with Crippen molar-refractivity contribution < 1.29 is 13.7 Å². The van der Waals surface area contributed by atoms with Gasteiger partial charge in [0.05, 0.1) is 4.92 Å². The minimum Gasteiger partial charge on any atom is -0.331 e. The number of rotatable bonds is 3. The summed E-state index contributed by atoms with van der Waals surface area (Å²) in [6, 6.07) is 3.08. The van der Waals surface area contributed by atoms with Gasteiger partial charge in [-0.05, 0) is 6.07 Å². The van der Waals surface area contributed by atoms with Gasteiger partial charge in [0.25, 0.3) is 5.69 Å². The number of aromatic nitrogens is 2. The monoisotopic (exact) mass is 254 g/mol. The molecular formula is C10H8F2N4O2. The zero-order valence-corrected chi connectivity index (χ0v) is 9.22. The maximum absolute atomic E-state index is 13.5. The van der Waals surface area contributed by atoms with Gasteiger partial charge in [-0.25, -0.2) is 8.78 Å². The van der Waals surface area contributed by atoms with Gasteiger partial charge in [-0.1, -0.05) is 0 Å². The van der Waals surface area contributed by atoms with E-state index in [0.717, 1.165) is 6.07 Å². The smallest absolute Gasteiger partial charge is 0.295 e. The average molecular weight is 254 g/mol. The zero-order chi connectivity index (χ0) is 13.3. The van der Waals surface area contributed by atoms with Crippen LogP contribution in [0.25, 0.3) is 0 Å². The molecule has 94 valence electrons. The summed E-state index contributed by atoms with van der Waals surface area (Å²) >= 11 is 0. The van der Waals surface area contributed by atoms with E-state index in [-0.39, 0.29) is 5.82 Å². The molecule has 0 aliphatic carbocycles. The van der Waals surface area contributed by atoms with Crippen molar-refractivity contribution >= 4 is 17.2 Å². The van der Waals surface area contributed by atoms with Crippen LogP contribution < -0.4 is 5.32 Å². The maximum Gasteiger partial charge on any atom is 0.295 e. The Morgan fingerprint density at radius 3 is 2.67 bits per heavy atom. The Hall–Kier alpha value is -2.51. The van der Waals surface area contributed by atoms with Crippen molar-refractivity contribution in [1.29, 1.82) is 0 Å². The Morgan fingerprint density at radius 1 is 1.39 bits per heavy atom. The lowest BCUT2D eigenvalue weighted by Gasteiger charge is -2.05. The van der Waals surface area contributed by atoms with Gasteiger partial charge in [-0.15, -0.1) is 0 Å². The summed E-state index contributed by atoms with van der Waals surface area (Å²) in [6.45, 7) is 0. The Labute approximate surface area is 100.0 Å². The molecule has 0 aliphatic rings. The number of hydrogen-bond acceptors (Lipinski definition) is 4. The van der Waals surface area contributed by atoms with Gasteiger partial charge in [0.2, 0.25) is 0 Å². The number of anilines is 2. The van der Waals surface area contributed by atoms with E-state index in [0.29, 0.717) is 6.07 Å². The average Bonchev–Trinajstić information content (AvgIpc) is 2.70. The molecule has 0 atom stereocenters. The highest BCUT2D eigenvalue weighted by Gasteiger charge is 2.22. The Morgan fingerprint density at radius 2 is 2.11 bits per heavy atom. The van der Waals surface area contributed by atoms with Gasteiger partial charge >= 0.3 is 0 Å². The Bertz CT molecular complexity index is 612. The lowest BCUT2D eigenvalue weighted by Crippen LogP contribution is -2.02. The third-order valence-corrected chi connectivity index (χ3v) is 2.24. The van der Waals surface area contributed by atoms with Gasteiger partial charge in [0.15, 0.2) is 23.1 Å². The van der Waals surface area contributed by atoms with E-state index < -0.39 is 27.9 Å². The van der Waals surface area contributed by atoms with Crippen LogP contribution in [0.4, 0.5) is 26.0 Å². The highest BCUT2D eigenvalue weighted by atomic mass is 19.2. The fourth-order valence-corrected chi connectivity index (χ4v) is 1.42. The molecular weight excluding hydrogens is 246 g/mol. The van der Waals surface area contributed by atoms with Crippen molar-refractivity contribution in [2.75, 3.05) is 5.32 Å². The molecule has 0 aliphatic heterocycles. The molecule has 2 rings (SSSR count). The van der Waals surface area contributed by atoms with E-state index in [1.165, 1.54) is 10.7 Å². The minimum atomic E-state index is -1.31. The number of nitrogens with zero attached hydrogens (tertiary/aromatic N) is 3. The van der Waals surface area contributed by atoms with Gasteiger partial charge in [-0.3, -0.25) is 14.8 Å². The normalized spacial score (nSPS) is 10.4.